The summed E-state index contributed by atoms with van der Waals surface area (Å²) in [7, 11) is 0. The average Bonchev–Trinajstić information content (AvgIpc) is 2.42. The van der Waals surface area contributed by atoms with Gasteiger partial charge >= 0.3 is 0 Å². The minimum absolute atomic E-state index is 0.198. The summed E-state index contributed by atoms with van der Waals surface area (Å²) >= 11 is 0. The molecule has 1 aliphatic heterocycles. The Kier molecular flexibility index (Phi) is 1.56. The topological polar surface area (TPSA) is 35.8 Å². The first-order valence-electron chi connectivity index (χ1n) is 4.42. The predicted octanol–water partition coefficient (Wildman–Crippen LogP) is 2.26. The highest BCUT2D eigenvalue weighted by Crippen LogP contribution is 2.36. The second-order valence-corrected chi connectivity index (χ2v) is 4.11. The van der Waals surface area contributed by atoms with Crippen LogP contribution >= 0.6 is 0 Å². The molecule has 1 heterocycles. The third-order valence-corrected chi connectivity index (χ3v) is 2.60. The molecule has 0 spiro atoms. The number of rotatable bonds is 0. The molecule has 0 radical (unpaired) electrons. The fraction of sp³-hybridized carbons (Fsp3) is 0.364. The van der Waals surface area contributed by atoms with E-state index in [0.29, 0.717) is 0 Å². The Morgan fingerprint density at radius 3 is 2.92 bits per heavy atom. The fourth-order valence-corrected chi connectivity index (χ4v) is 1.76. The molecule has 0 bridgehead atoms. The number of fused-ring (bicyclic) bond motifs is 1. The van der Waals surface area contributed by atoms with Gasteiger partial charge < -0.3 is 5.32 Å². The van der Waals surface area contributed by atoms with Gasteiger partial charge in [0.05, 0.1) is 11.6 Å². The maximum Gasteiger partial charge on any atom is 0.0992 e. The highest BCUT2D eigenvalue weighted by molar-refractivity contribution is 5.62. The minimum atomic E-state index is 0.198. The van der Waals surface area contributed by atoms with E-state index >= 15 is 0 Å². The largest absolute Gasteiger partial charge is 0.384 e. The smallest absolute Gasteiger partial charge is 0.0992 e. The Balaban J connectivity index is 2.54. The molecular formula is C11H12N2. The van der Waals surface area contributed by atoms with E-state index in [2.05, 4.69) is 25.2 Å². The first-order valence-corrected chi connectivity index (χ1v) is 4.42. The summed E-state index contributed by atoms with van der Waals surface area (Å²) in [5, 5.41) is 12.0. The molecule has 1 aromatic rings. The standard InChI is InChI=1S/C11H12N2/c1-11(2)7-13-10-5-8(6-12)3-4-9(10)11/h3-5,13H,7H2,1-2H3. The quantitative estimate of drug-likeness (QED) is 0.651. The van der Waals surface area contributed by atoms with E-state index < -0.39 is 0 Å². The molecule has 0 saturated heterocycles. The Morgan fingerprint density at radius 1 is 1.46 bits per heavy atom. The van der Waals surface area contributed by atoms with Crippen LogP contribution in [-0.4, -0.2) is 6.54 Å². The van der Waals surface area contributed by atoms with Crippen molar-refractivity contribution < 1.29 is 0 Å². The lowest BCUT2D eigenvalue weighted by Gasteiger charge is -2.16. The zero-order chi connectivity index (χ0) is 9.47. The van der Waals surface area contributed by atoms with Gasteiger partial charge in [0, 0.05) is 17.6 Å². The molecule has 13 heavy (non-hydrogen) atoms. The number of nitrogens with one attached hydrogen (secondary N) is 1. The molecule has 1 N–H and O–H groups in total. The van der Waals surface area contributed by atoms with Gasteiger partial charge in [-0.2, -0.15) is 5.26 Å². The van der Waals surface area contributed by atoms with Crippen LogP contribution in [0.25, 0.3) is 0 Å². The van der Waals surface area contributed by atoms with E-state index in [9.17, 15) is 0 Å². The lowest BCUT2D eigenvalue weighted by Crippen LogP contribution is -2.18. The SMILES string of the molecule is CC1(C)CNc2cc(C#N)ccc21. The van der Waals surface area contributed by atoms with Gasteiger partial charge in [-0.05, 0) is 17.7 Å². The van der Waals surface area contributed by atoms with E-state index in [-0.39, 0.29) is 5.41 Å². The third kappa shape index (κ3) is 1.17. The van der Waals surface area contributed by atoms with E-state index in [1.165, 1.54) is 5.56 Å². The van der Waals surface area contributed by atoms with Crippen LogP contribution in [0.2, 0.25) is 0 Å². The number of hydrogen-bond donors (Lipinski definition) is 1. The molecule has 0 aromatic heterocycles. The molecule has 2 rings (SSSR count). The van der Waals surface area contributed by atoms with Gasteiger partial charge in [0.25, 0.3) is 0 Å². The molecule has 1 aliphatic rings. The van der Waals surface area contributed by atoms with Crippen LogP contribution in [0.4, 0.5) is 5.69 Å². The lowest BCUT2D eigenvalue weighted by molar-refractivity contribution is 0.586. The zero-order valence-corrected chi connectivity index (χ0v) is 7.89. The van der Waals surface area contributed by atoms with Gasteiger partial charge in [-0.15, -0.1) is 0 Å². The van der Waals surface area contributed by atoms with Crippen LogP contribution < -0.4 is 5.32 Å². The molecule has 0 amide bonds. The zero-order valence-electron chi connectivity index (χ0n) is 7.89. The summed E-state index contributed by atoms with van der Waals surface area (Å²) in [6.45, 7) is 5.37. The first kappa shape index (κ1) is 8.12. The van der Waals surface area contributed by atoms with Crippen molar-refractivity contribution in [2.24, 2.45) is 0 Å². The van der Waals surface area contributed by atoms with Crippen molar-refractivity contribution in [2.75, 3.05) is 11.9 Å². The van der Waals surface area contributed by atoms with Crippen LogP contribution in [-0.2, 0) is 5.41 Å². The van der Waals surface area contributed by atoms with Crippen molar-refractivity contribution in [1.82, 2.24) is 0 Å². The maximum atomic E-state index is 8.72. The van der Waals surface area contributed by atoms with Gasteiger partial charge in [0.15, 0.2) is 0 Å². The Labute approximate surface area is 78.2 Å². The molecule has 0 saturated carbocycles. The third-order valence-electron chi connectivity index (χ3n) is 2.60. The summed E-state index contributed by atoms with van der Waals surface area (Å²) < 4.78 is 0. The molecule has 1 aromatic carbocycles. The molecule has 0 atom stereocenters. The number of nitrogens with zero attached hydrogens (tertiary/aromatic N) is 1. The number of nitriles is 1. The summed E-state index contributed by atoms with van der Waals surface area (Å²) in [5.41, 5.74) is 3.35. The molecule has 0 aliphatic carbocycles. The molecule has 2 nitrogen and oxygen atoms in total. The van der Waals surface area contributed by atoms with Crippen molar-refractivity contribution in [2.45, 2.75) is 19.3 Å². The second kappa shape index (κ2) is 2.50. The lowest BCUT2D eigenvalue weighted by atomic mass is 9.87. The van der Waals surface area contributed by atoms with Crippen molar-refractivity contribution in [3.05, 3.63) is 29.3 Å². The minimum Gasteiger partial charge on any atom is -0.384 e. The van der Waals surface area contributed by atoms with E-state index in [1.807, 2.05) is 18.2 Å². The summed E-state index contributed by atoms with van der Waals surface area (Å²) in [5.74, 6) is 0. The normalized spacial score (nSPS) is 17.3. The summed E-state index contributed by atoms with van der Waals surface area (Å²) in [6.07, 6.45) is 0. The monoisotopic (exact) mass is 172 g/mol. The van der Waals surface area contributed by atoms with E-state index in [4.69, 9.17) is 5.26 Å². The molecular weight excluding hydrogens is 160 g/mol. The highest BCUT2D eigenvalue weighted by atomic mass is 14.9. The maximum absolute atomic E-state index is 8.72. The Hall–Kier alpha value is -1.49. The molecule has 0 fully saturated rings. The van der Waals surface area contributed by atoms with E-state index in [0.717, 1.165) is 17.8 Å². The van der Waals surface area contributed by atoms with Gasteiger partial charge in [0.2, 0.25) is 0 Å². The number of benzene rings is 1. The van der Waals surface area contributed by atoms with Gasteiger partial charge in [-0.25, -0.2) is 0 Å². The van der Waals surface area contributed by atoms with Crippen molar-refractivity contribution in [3.63, 3.8) is 0 Å². The molecule has 66 valence electrons. The van der Waals surface area contributed by atoms with Gasteiger partial charge in [-0.1, -0.05) is 19.9 Å². The first-order chi connectivity index (χ1) is 6.13. The Bertz CT molecular complexity index is 386. The van der Waals surface area contributed by atoms with Crippen LogP contribution in [0, 0.1) is 11.3 Å². The van der Waals surface area contributed by atoms with Crippen molar-refractivity contribution >= 4 is 5.69 Å². The second-order valence-electron chi connectivity index (χ2n) is 4.11. The number of anilines is 1. The van der Waals surface area contributed by atoms with Crippen molar-refractivity contribution in [1.29, 1.82) is 5.26 Å². The Morgan fingerprint density at radius 2 is 2.23 bits per heavy atom. The van der Waals surface area contributed by atoms with E-state index in [1.54, 1.807) is 0 Å². The van der Waals surface area contributed by atoms with Gasteiger partial charge in [0.1, 0.15) is 0 Å². The molecule has 0 unspecified atom stereocenters. The summed E-state index contributed by atoms with van der Waals surface area (Å²) in [6, 6.07) is 8.00. The van der Waals surface area contributed by atoms with Gasteiger partial charge in [-0.3, -0.25) is 0 Å². The van der Waals surface area contributed by atoms with Crippen LogP contribution in [0.5, 0.6) is 0 Å². The van der Waals surface area contributed by atoms with Crippen molar-refractivity contribution in [3.8, 4) is 6.07 Å². The number of hydrogen-bond acceptors (Lipinski definition) is 2. The average molecular weight is 172 g/mol. The van der Waals surface area contributed by atoms with Crippen LogP contribution in [0.3, 0.4) is 0 Å². The fourth-order valence-electron chi connectivity index (χ4n) is 1.76. The molecule has 2 heteroatoms. The summed E-state index contributed by atoms with van der Waals surface area (Å²) in [4.78, 5) is 0. The van der Waals surface area contributed by atoms with Crippen LogP contribution in [0.15, 0.2) is 18.2 Å². The van der Waals surface area contributed by atoms with Crippen LogP contribution in [0.1, 0.15) is 25.0 Å². The predicted molar refractivity (Wildman–Crippen MR) is 52.7 cm³/mol. The highest BCUT2D eigenvalue weighted by Gasteiger charge is 2.29.